The van der Waals surface area contributed by atoms with E-state index in [1.54, 1.807) is 12.1 Å². The molecule has 2 heterocycles. The third-order valence-corrected chi connectivity index (χ3v) is 6.56. The van der Waals surface area contributed by atoms with Gasteiger partial charge in [0.1, 0.15) is 5.69 Å². The van der Waals surface area contributed by atoms with Crippen molar-refractivity contribution < 1.29 is 9.72 Å². The highest BCUT2D eigenvalue weighted by atomic mass is 32.1. The van der Waals surface area contributed by atoms with E-state index in [-0.39, 0.29) is 16.4 Å². The Hall–Kier alpha value is -3.24. The molecular weight excluding hydrogens is 452 g/mol. The van der Waals surface area contributed by atoms with Gasteiger partial charge in [0, 0.05) is 50.9 Å². The number of nitro benzene ring substituents is 1. The summed E-state index contributed by atoms with van der Waals surface area (Å²) in [4.78, 5) is 30.7. The molecule has 2 aromatic rings. The lowest BCUT2D eigenvalue weighted by molar-refractivity contribution is -0.384. The van der Waals surface area contributed by atoms with Gasteiger partial charge in [-0.05, 0) is 62.8 Å². The highest BCUT2D eigenvalue weighted by Crippen LogP contribution is 2.31. The van der Waals surface area contributed by atoms with Gasteiger partial charge in [-0.15, -0.1) is 0 Å². The number of carbonyl (C=O) groups excluding carboxylic acids is 1. The Bertz CT molecular complexity index is 1060. The number of piperidine rings is 1. The zero-order valence-electron chi connectivity index (χ0n) is 19.3. The van der Waals surface area contributed by atoms with E-state index in [4.69, 9.17) is 12.2 Å². The maximum atomic E-state index is 12.8. The molecular formula is C24H30N6O3S. The van der Waals surface area contributed by atoms with Crippen molar-refractivity contribution in [1.29, 1.82) is 0 Å². The summed E-state index contributed by atoms with van der Waals surface area (Å²) in [5.74, 6) is -0.483. The van der Waals surface area contributed by atoms with E-state index in [2.05, 4.69) is 27.5 Å². The predicted octanol–water partition coefficient (Wildman–Crippen LogP) is 3.46. The van der Waals surface area contributed by atoms with Gasteiger partial charge in [-0.1, -0.05) is 12.1 Å². The lowest BCUT2D eigenvalue weighted by Gasteiger charge is -2.35. The van der Waals surface area contributed by atoms with Crippen LogP contribution in [-0.2, 0) is 0 Å². The maximum Gasteiger partial charge on any atom is 0.293 e. The van der Waals surface area contributed by atoms with E-state index in [0.29, 0.717) is 5.69 Å². The van der Waals surface area contributed by atoms with Gasteiger partial charge in [-0.3, -0.25) is 20.2 Å². The van der Waals surface area contributed by atoms with Gasteiger partial charge in [-0.25, -0.2) is 0 Å². The number of likely N-dealkylation sites (N-methyl/N-ethyl adjacent to an activating group) is 1. The summed E-state index contributed by atoms with van der Waals surface area (Å²) in [6.45, 7) is 5.33. The predicted molar refractivity (Wildman–Crippen MR) is 139 cm³/mol. The van der Waals surface area contributed by atoms with Crippen LogP contribution in [0.2, 0.25) is 0 Å². The van der Waals surface area contributed by atoms with E-state index < -0.39 is 10.8 Å². The zero-order valence-corrected chi connectivity index (χ0v) is 20.1. The number of carbonyl (C=O) groups is 1. The minimum atomic E-state index is -0.483. The van der Waals surface area contributed by atoms with Crippen LogP contribution in [-0.4, -0.2) is 67.2 Å². The maximum absolute atomic E-state index is 12.8. The lowest BCUT2D eigenvalue weighted by atomic mass is 10.1. The molecule has 0 aliphatic carbocycles. The number of para-hydroxylation sites is 2. The van der Waals surface area contributed by atoms with Gasteiger partial charge >= 0.3 is 0 Å². The molecule has 10 heteroatoms. The Labute approximate surface area is 204 Å². The summed E-state index contributed by atoms with van der Waals surface area (Å²) in [5, 5.41) is 17.6. The molecule has 0 atom stereocenters. The van der Waals surface area contributed by atoms with Crippen LogP contribution in [0.5, 0.6) is 0 Å². The zero-order chi connectivity index (χ0) is 24.1. The first-order valence-corrected chi connectivity index (χ1v) is 12.0. The van der Waals surface area contributed by atoms with Crippen LogP contribution < -0.4 is 20.4 Å². The number of hydrogen-bond donors (Lipinski definition) is 2. The lowest BCUT2D eigenvalue weighted by Crippen LogP contribution is -2.45. The van der Waals surface area contributed by atoms with Gasteiger partial charge in [0.05, 0.1) is 16.3 Å². The number of rotatable bonds is 5. The second kappa shape index (κ2) is 10.8. The van der Waals surface area contributed by atoms with E-state index in [1.807, 2.05) is 29.2 Å². The highest BCUT2D eigenvalue weighted by Gasteiger charge is 2.24. The molecule has 0 bridgehead atoms. The van der Waals surface area contributed by atoms with Crippen LogP contribution in [0, 0.1) is 10.1 Å². The van der Waals surface area contributed by atoms with Gasteiger partial charge in [0.2, 0.25) is 0 Å². The highest BCUT2D eigenvalue weighted by molar-refractivity contribution is 7.80. The molecule has 0 spiro atoms. The molecule has 1 amide bonds. The van der Waals surface area contributed by atoms with Crippen LogP contribution in [0.3, 0.4) is 0 Å². The van der Waals surface area contributed by atoms with E-state index in [1.165, 1.54) is 6.07 Å². The van der Waals surface area contributed by atoms with Gasteiger partial charge < -0.3 is 20.0 Å². The molecule has 2 N–H and O–H groups in total. The Morgan fingerprint density at radius 1 is 0.941 bits per heavy atom. The number of hydrogen-bond acceptors (Lipinski definition) is 7. The van der Waals surface area contributed by atoms with Crippen molar-refractivity contribution in [1.82, 2.24) is 10.2 Å². The third kappa shape index (κ3) is 5.63. The fraction of sp³-hybridized carbons (Fsp3) is 0.417. The van der Waals surface area contributed by atoms with E-state index in [9.17, 15) is 14.9 Å². The molecule has 2 aliphatic rings. The molecule has 180 valence electrons. The van der Waals surface area contributed by atoms with Crippen molar-refractivity contribution >= 4 is 46.0 Å². The van der Waals surface area contributed by atoms with Crippen molar-refractivity contribution in [2.45, 2.75) is 19.3 Å². The standard InChI is InChI=1S/C24H30N6O3S/c1-27-13-15-29(16-14-27)20-8-4-3-7-19(20)25-24(34)26-23(31)18-9-10-21(22(17-18)30(32)33)28-11-5-2-6-12-28/h3-4,7-10,17H,2,5-6,11-16H2,1H3,(H2,25,26,31,34). The van der Waals surface area contributed by atoms with Crippen LogP contribution in [0.15, 0.2) is 42.5 Å². The van der Waals surface area contributed by atoms with Crippen LogP contribution >= 0.6 is 12.2 Å². The molecule has 0 unspecified atom stereocenters. The summed E-state index contributed by atoms with van der Waals surface area (Å²) in [6.07, 6.45) is 3.15. The largest absolute Gasteiger partial charge is 0.367 e. The molecule has 0 radical (unpaired) electrons. The molecule has 0 saturated carbocycles. The molecule has 34 heavy (non-hydrogen) atoms. The number of thiocarbonyl (C=S) groups is 1. The summed E-state index contributed by atoms with van der Waals surface area (Å²) < 4.78 is 0. The fourth-order valence-electron chi connectivity index (χ4n) is 4.44. The van der Waals surface area contributed by atoms with Crippen LogP contribution in [0.4, 0.5) is 22.7 Å². The Morgan fingerprint density at radius 3 is 2.32 bits per heavy atom. The number of anilines is 3. The fourth-order valence-corrected chi connectivity index (χ4v) is 4.65. The second-order valence-corrected chi connectivity index (χ2v) is 9.13. The smallest absolute Gasteiger partial charge is 0.293 e. The van der Waals surface area contributed by atoms with E-state index >= 15 is 0 Å². The molecule has 4 rings (SSSR count). The molecule has 2 aliphatic heterocycles. The minimum Gasteiger partial charge on any atom is -0.367 e. The topological polar surface area (TPSA) is 94.0 Å². The quantitative estimate of drug-likeness (QED) is 0.380. The summed E-state index contributed by atoms with van der Waals surface area (Å²) >= 11 is 5.39. The summed E-state index contributed by atoms with van der Waals surface area (Å²) in [5.41, 5.74) is 2.53. The van der Waals surface area contributed by atoms with Crippen LogP contribution in [0.1, 0.15) is 29.6 Å². The minimum absolute atomic E-state index is 0.0613. The Morgan fingerprint density at radius 2 is 1.62 bits per heavy atom. The monoisotopic (exact) mass is 482 g/mol. The number of amides is 1. The third-order valence-electron chi connectivity index (χ3n) is 6.35. The first-order chi connectivity index (χ1) is 16.4. The van der Waals surface area contributed by atoms with Crippen LogP contribution in [0.25, 0.3) is 0 Å². The number of piperazine rings is 1. The van der Waals surface area contributed by atoms with Crippen molar-refractivity contribution in [3.63, 3.8) is 0 Å². The normalized spacial score (nSPS) is 16.7. The van der Waals surface area contributed by atoms with Crippen molar-refractivity contribution in [2.75, 3.05) is 61.4 Å². The second-order valence-electron chi connectivity index (χ2n) is 8.72. The van der Waals surface area contributed by atoms with Gasteiger partial charge in [-0.2, -0.15) is 0 Å². The molecule has 0 aromatic heterocycles. The number of nitrogens with one attached hydrogen (secondary N) is 2. The first-order valence-electron chi connectivity index (χ1n) is 11.6. The average Bonchev–Trinajstić information content (AvgIpc) is 2.85. The SMILES string of the molecule is CN1CCN(c2ccccc2NC(=S)NC(=O)c2ccc(N3CCCCC3)c([N+](=O)[O-])c2)CC1. The summed E-state index contributed by atoms with van der Waals surface area (Å²) in [7, 11) is 2.11. The van der Waals surface area contributed by atoms with Gasteiger partial charge in [0.25, 0.3) is 11.6 Å². The first kappa shape index (κ1) is 23.9. The van der Waals surface area contributed by atoms with Gasteiger partial charge in [0.15, 0.2) is 5.11 Å². The van der Waals surface area contributed by atoms with Crippen molar-refractivity contribution in [3.8, 4) is 0 Å². The molecule has 9 nitrogen and oxygen atoms in total. The number of benzene rings is 2. The Kier molecular flexibility index (Phi) is 7.59. The number of nitro groups is 1. The number of nitrogens with zero attached hydrogens (tertiary/aromatic N) is 4. The average molecular weight is 483 g/mol. The molecule has 2 aromatic carbocycles. The van der Waals surface area contributed by atoms with Crippen molar-refractivity contribution in [3.05, 3.63) is 58.1 Å². The summed E-state index contributed by atoms with van der Waals surface area (Å²) in [6, 6.07) is 12.5. The van der Waals surface area contributed by atoms with Crippen molar-refractivity contribution in [2.24, 2.45) is 0 Å². The Balaban J connectivity index is 1.45. The molecule has 2 saturated heterocycles. The van der Waals surface area contributed by atoms with E-state index in [0.717, 1.165) is 69.9 Å². The molecule has 2 fully saturated rings.